The molecule has 0 aromatic carbocycles. The lowest BCUT2D eigenvalue weighted by molar-refractivity contribution is 0.240. The number of nitrogens with zero attached hydrogens (tertiary/aromatic N) is 2. The molecule has 0 N–H and O–H groups in total. The highest BCUT2D eigenvalue weighted by molar-refractivity contribution is 5.52. The fourth-order valence-electron chi connectivity index (χ4n) is 1.16. The molecule has 2 heteroatoms. The second-order valence-electron chi connectivity index (χ2n) is 2.39. The van der Waals surface area contributed by atoms with E-state index in [2.05, 4.69) is 10.1 Å². The van der Waals surface area contributed by atoms with Crippen molar-refractivity contribution in [3.05, 3.63) is 0 Å². The van der Waals surface area contributed by atoms with Gasteiger partial charge in [-0.2, -0.15) is 5.10 Å². The maximum atomic E-state index is 4.19. The lowest BCUT2D eigenvalue weighted by Gasteiger charge is -2.22. The molecule has 0 aliphatic carbocycles. The monoisotopic (exact) mass is 156 g/mol. The molecule has 2 nitrogen and oxygen atoms in total. The van der Waals surface area contributed by atoms with Gasteiger partial charge in [0.15, 0.2) is 0 Å². The van der Waals surface area contributed by atoms with Crippen molar-refractivity contribution in [1.29, 1.82) is 0 Å². The Morgan fingerprint density at radius 2 is 1.64 bits per heavy atom. The van der Waals surface area contributed by atoms with Gasteiger partial charge in [-0.1, -0.05) is 13.8 Å². The normalized spacial score (nSPS) is 17.9. The van der Waals surface area contributed by atoms with E-state index >= 15 is 0 Å². The molecular weight excluding hydrogens is 136 g/mol. The van der Waals surface area contributed by atoms with Gasteiger partial charge in [0.25, 0.3) is 0 Å². The number of hydrazone groups is 1. The minimum Gasteiger partial charge on any atom is -0.297 e. The quantitative estimate of drug-likeness (QED) is 0.533. The minimum atomic E-state index is 1.16. The van der Waals surface area contributed by atoms with E-state index in [4.69, 9.17) is 0 Å². The summed E-state index contributed by atoms with van der Waals surface area (Å²) in [6.07, 6.45) is 5.88. The molecule has 1 saturated heterocycles. The van der Waals surface area contributed by atoms with Crippen molar-refractivity contribution in [1.82, 2.24) is 5.01 Å². The summed E-state index contributed by atoms with van der Waals surface area (Å²) in [5.41, 5.74) is 0. The summed E-state index contributed by atoms with van der Waals surface area (Å²) < 4.78 is 0. The van der Waals surface area contributed by atoms with Crippen LogP contribution < -0.4 is 0 Å². The standard InChI is InChI=1S/C7H14N2.C2H6/c1-2-8-9-6-4-3-5-7-9;1-2/h2H,3-7H2,1H3;1-2H3/b8-2+;. The van der Waals surface area contributed by atoms with E-state index in [-0.39, 0.29) is 0 Å². The molecular formula is C9H20N2. The second kappa shape index (κ2) is 7.58. The first-order valence-electron chi connectivity index (χ1n) is 4.67. The molecule has 1 aliphatic heterocycles. The van der Waals surface area contributed by atoms with Gasteiger partial charge < -0.3 is 0 Å². The van der Waals surface area contributed by atoms with Crippen LogP contribution in [0.2, 0.25) is 0 Å². The molecule has 0 spiro atoms. The van der Waals surface area contributed by atoms with Gasteiger partial charge in [0, 0.05) is 19.3 Å². The number of hydrogen-bond acceptors (Lipinski definition) is 2. The molecule has 11 heavy (non-hydrogen) atoms. The number of piperidine rings is 1. The van der Waals surface area contributed by atoms with E-state index in [9.17, 15) is 0 Å². The van der Waals surface area contributed by atoms with Crippen LogP contribution in [-0.4, -0.2) is 24.3 Å². The molecule has 1 heterocycles. The zero-order chi connectivity index (χ0) is 8.53. The first-order valence-corrected chi connectivity index (χ1v) is 4.67. The van der Waals surface area contributed by atoms with Gasteiger partial charge in [0.1, 0.15) is 0 Å². The predicted molar refractivity (Wildman–Crippen MR) is 50.9 cm³/mol. The van der Waals surface area contributed by atoms with Crippen LogP contribution in [0.3, 0.4) is 0 Å². The summed E-state index contributed by atoms with van der Waals surface area (Å²) in [5, 5.41) is 6.33. The topological polar surface area (TPSA) is 15.6 Å². The van der Waals surface area contributed by atoms with E-state index < -0.39 is 0 Å². The highest BCUT2D eigenvalue weighted by Gasteiger charge is 2.04. The molecule has 1 aliphatic rings. The van der Waals surface area contributed by atoms with Crippen molar-refractivity contribution >= 4 is 6.21 Å². The van der Waals surface area contributed by atoms with Crippen LogP contribution in [0.5, 0.6) is 0 Å². The molecule has 0 saturated carbocycles. The third-order valence-corrected chi connectivity index (χ3v) is 1.61. The van der Waals surface area contributed by atoms with Gasteiger partial charge in [-0.3, -0.25) is 5.01 Å². The van der Waals surface area contributed by atoms with Crippen LogP contribution in [-0.2, 0) is 0 Å². The zero-order valence-electron chi connectivity index (χ0n) is 8.01. The Morgan fingerprint density at radius 1 is 1.09 bits per heavy atom. The lowest BCUT2D eigenvalue weighted by Crippen LogP contribution is -2.24. The summed E-state index contributed by atoms with van der Waals surface area (Å²) in [6.45, 7) is 8.28. The van der Waals surface area contributed by atoms with Crippen molar-refractivity contribution in [2.24, 2.45) is 5.10 Å². The van der Waals surface area contributed by atoms with E-state index in [1.54, 1.807) is 0 Å². The fourth-order valence-corrected chi connectivity index (χ4v) is 1.16. The summed E-state index contributed by atoms with van der Waals surface area (Å²) in [6, 6.07) is 0. The highest BCUT2D eigenvalue weighted by Crippen LogP contribution is 2.07. The maximum absolute atomic E-state index is 4.19. The first-order chi connectivity index (χ1) is 5.43. The van der Waals surface area contributed by atoms with Crippen LogP contribution >= 0.6 is 0 Å². The average Bonchev–Trinajstić information content (AvgIpc) is 2.11. The van der Waals surface area contributed by atoms with Crippen molar-refractivity contribution in [3.63, 3.8) is 0 Å². The van der Waals surface area contributed by atoms with Gasteiger partial charge in [0.2, 0.25) is 0 Å². The van der Waals surface area contributed by atoms with E-state index in [0.29, 0.717) is 0 Å². The molecule has 0 unspecified atom stereocenters. The smallest absolute Gasteiger partial charge is 0.0360 e. The SMILES string of the molecule is C/C=N/N1CCCCC1.CC. The third kappa shape index (κ3) is 4.82. The summed E-state index contributed by atoms with van der Waals surface area (Å²) in [7, 11) is 0. The van der Waals surface area contributed by atoms with E-state index in [1.807, 2.05) is 27.0 Å². The lowest BCUT2D eigenvalue weighted by atomic mass is 10.2. The highest BCUT2D eigenvalue weighted by atomic mass is 15.4. The number of rotatable bonds is 1. The van der Waals surface area contributed by atoms with Crippen molar-refractivity contribution in [2.45, 2.75) is 40.0 Å². The minimum absolute atomic E-state index is 1.16. The van der Waals surface area contributed by atoms with E-state index in [0.717, 1.165) is 13.1 Å². The van der Waals surface area contributed by atoms with Crippen LogP contribution in [0, 0.1) is 0 Å². The Bertz CT molecular complexity index is 93.7. The van der Waals surface area contributed by atoms with Crippen LogP contribution in [0.1, 0.15) is 40.0 Å². The van der Waals surface area contributed by atoms with Crippen LogP contribution in [0.15, 0.2) is 5.10 Å². The third-order valence-electron chi connectivity index (χ3n) is 1.61. The summed E-state index contributed by atoms with van der Waals surface area (Å²) in [5.74, 6) is 0. The molecule has 66 valence electrons. The predicted octanol–water partition coefficient (Wildman–Crippen LogP) is 2.50. The first kappa shape index (κ1) is 10.5. The second-order valence-corrected chi connectivity index (χ2v) is 2.39. The largest absolute Gasteiger partial charge is 0.297 e. The van der Waals surface area contributed by atoms with Crippen molar-refractivity contribution in [3.8, 4) is 0 Å². The molecule has 0 aromatic heterocycles. The van der Waals surface area contributed by atoms with Gasteiger partial charge >= 0.3 is 0 Å². The molecule has 0 atom stereocenters. The molecule has 1 fully saturated rings. The molecule has 0 aromatic rings. The Hall–Kier alpha value is -0.530. The molecule has 0 amide bonds. The molecule has 0 bridgehead atoms. The van der Waals surface area contributed by atoms with Gasteiger partial charge in [0.05, 0.1) is 0 Å². The van der Waals surface area contributed by atoms with Crippen LogP contribution in [0.25, 0.3) is 0 Å². The van der Waals surface area contributed by atoms with Gasteiger partial charge in [-0.05, 0) is 26.2 Å². The Kier molecular flexibility index (Phi) is 7.21. The average molecular weight is 156 g/mol. The Morgan fingerprint density at radius 3 is 2.09 bits per heavy atom. The van der Waals surface area contributed by atoms with Gasteiger partial charge in [-0.15, -0.1) is 0 Å². The fraction of sp³-hybridized carbons (Fsp3) is 0.889. The summed E-state index contributed by atoms with van der Waals surface area (Å²) >= 11 is 0. The number of hydrogen-bond donors (Lipinski definition) is 0. The van der Waals surface area contributed by atoms with Gasteiger partial charge in [-0.25, -0.2) is 0 Å². The molecule has 1 rings (SSSR count). The van der Waals surface area contributed by atoms with Crippen molar-refractivity contribution < 1.29 is 0 Å². The van der Waals surface area contributed by atoms with E-state index in [1.165, 1.54) is 19.3 Å². The summed E-state index contributed by atoms with van der Waals surface area (Å²) in [4.78, 5) is 0. The Labute approximate surface area is 70.3 Å². The molecule has 0 radical (unpaired) electrons. The van der Waals surface area contributed by atoms with Crippen molar-refractivity contribution in [2.75, 3.05) is 13.1 Å². The maximum Gasteiger partial charge on any atom is 0.0360 e. The van der Waals surface area contributed by atoms with Crippen LogP contribution in [0.4, 0.5) is 0 Å². The zero-order valence-corrected chi connectivity index (χ0v) is 8.01. The Balaban J connectivity index is 0.000000461.